The largest absolute Gasteiger partial charge is 0.481 e. The maximum Gasteiger partial charge on any atom is 0.338 e. The standard InChI is InChI=1S/C31H30Cl2N6O5S/c1-44-30(42)26-24(35-28(29-34-10-13-45-29)36-27(26)22-8-5-19(32)14-23(22)33)17-37-11-12-38-21(15-37)16-39(31(38)43)20-6-2-18(3-7-20)4-9-25(40)41/h2-3,5-8,10,13-14,21,27H,4,9,11-12,15-17H2,1H3,(H,35,36)(H,40,41)/t21-,27?/m0/s1. The number of urea groups is 1. The van der Waals surface area contributed by atoms with Gasteiger partial charge in [-0.25, -0.2) is 14.6 Å². The number of carboxylic acid groups (broad SMARTS) is 1. The van der Waals surface area contributed by atoms with Crippen LogP contribution < -0.4 is 10.2 Å². The molecule has 0 radical (unpaired) electrons. The van der Waals surface area contributed by atoms with Crippen LogP contribution in [0.4, 0.5) is 10.5 Å². The number of amidine groups is 1. The van der Waals surface area contributed by atoms with Crippen LogP contribution in [-0.2, 0) is 20.7 Å². The molecule has 2 aromatic carbocycles. The first-order valence-electron chi connectivity index (χ1n) is 14.3. The summed E-state index contributed by atoms with van der Waals surface area (Å²) in [5, 5.41) is 15.7. The van der Waals surface area contributed by atoms with Crippen molar-refractivity contribution in [3.8, 4) is 0 Å². The topological polar surface area (TPSA) is 128 Å². The first-order valence-corrected chi connectivity index (χ1v) is 16.0. The molecule has 3 aromatic rings. The summed E-state index contributed by atoms with van der Waals surface area (Å²) in [5.41, 5.74) is 3.27. The van der Waals surface area contributed by atoms with E-state index in [4.69, 9.17) is 38.0 Å². The number of aliphatic carboxylic acids is 1. The zero-order chi connectivity index (χ0) is 31.7. The Bertz CT molecular complexity index is 1680. The second-order valence-electron chi connectivity index (χ2n) is 10.9. The van der Waals surface area contributed by atoms with E-state index < -0.39 is 18.0 Å². The predicted molar refractivity (Wildman–Crippen MR) is 172 cm³/mol. The smallest absolute Gasteiger partial charge is 0.338 e. The van der Waals surface area contributed by atoms with E-state index in [1.807, 2.05) is 34.5 Å². The van der Waals surface area contributed by atoms with Gasteiger partial charge in [-0.15, -0.1) is 11.3 Å². The Kier molecular flexibility index (Phi) is 9.09. The van der Waals surface area contributed by atoms with Crippen molar-refractivity contribution in [2.45, 2.75) is 24.9 Å². The molecular weight excluding hydrogens is 639 g/mol. The number of nitrogens with one attached hydrogen (secondary N) is 1. The van der Waals surface area contributed by atoms with Crippen LogP contribution in [0.5, 0.6) is 0 Å². The molecule has 2 saturated heterocycles. The second-order valence-corrected chi connectivity index (χ2v) is 12.7. The Hall–Kier alpha value is -3.97. The number of methoxy groups -OCH3 is 1. The van der Waals surface area contributed by atoms with Gasteiger partial charge in [0.1, 0.15) is 6.04 Å². The number of fused-ring (bicyclic) bond motifs is 1. The number of aryl methyl sites for hydroxylation is 1. The molecule has 1 aromatic heterocycles. The molecule has 2 atom stereocenters. The van der Waals surface area contributed by atoms with E-state index in [-0.39, 0.29) is 18.5 Å². The van der Waals surface area contributed by atoms with Gasteiger partial charge in [-0.2, -0.15) is 0 Å². The number of esters is 1. The van der Waals surface area contributed by atoms with Crippen molar-refractivity contribution in [3.05, 3.63) is 91.5 Å². The summed E-state index contributed by atoms with van der Waals surface area (Å²) in [5.74, 6) is -0.844. The Morgan fingerprint density at radius 3 is 2.62 bits per heavy atom. The van der Waals surface area contributed by atoms with E-state index in [0.29, 0.717) is 76.9 Å². The molecule has 6 rings (SSSR count). The zero-order valence-corrected chi connectivity index (χ0v) is 26.6. The van der Waals surface area contributed by atoms with Gasteiger partial charge in [0.2, 0.25) is 0 Å². The van der Waals surface area contributed by atoms with Gasteiger partial charge in [-0.3, -0.25) is 19.6 Å². The summed E-state index contributed by atoms with van der Waals surface area (Å²) < 4.78 is 5.24. The van der Waals surface area contributed by atoms with Gasteiger partial charge in [-0.1, -0.05) is 41.4 Å². The van der Waals surface area contributed by atoms with Gasteiger partial charge in [-0.05, 0) is 36.2 Å². The van der Waals surface area contributed by atoms with E-state index in [2.05, 4.69) is 15.2 Å². The Morgan fingerprint density at radius 2 is 1.93 bits per heavy atom. The molecule has 1 unspecified atom stereocenters. The Labute approximate surface area is 273 Å². The lowest BCUT2D eigenvalue weighted by Gasteiger charge is -2.38. The summed E-state index contributed by atoms with van der Waals surface area (Å²) in [6.07, 6.45) is 2.19. The fourth-order valence-corrected chi connectivity index (χ4v) is 7.02. The molecule has 2 amide bonds. The third-order valence-electron chi connectivity index (χ3n) is 8.12. The van der Waals surface area contributed by atoms with Gasteiger partial charge < -0.3 is 20.1 Å². The number of anilines is 1. The van der Waals surface area contributed by atoms with Crippen LogP contribution in [0.3, 0.4) is 0 Å². The number of aliphatic imine (C=N–C) groups is 1. The van der Waals surface area contributed by atoms with Crippen LogP contribution in [0, 0.1) is 0 Å². The molecule has 0 saturated carbocycles. The number of nitrogens with zero attached hydrogens (tertiary/aromatic N) is 5. The molecular formula is C31H30Cl2N6O5S. The third kappa shape index (κ3) is 6.55. The lowest BCUT2D eigenvalue weighted by molar-refractivity contribution is -0.137. The molecule has 3 aliphatic heterocycles. The summed E-state index contributed by atoms with van der Waals surface area (Å²) >= 11 is 14.2. The highest BCUT2D eigenvalue weighted by Crippen LogP contribution is 2.38. The van der Waals surface area contributed by atoms with Crippen LogP contribution in [0.1, 0.15) is 28.6 Å². The molecule has 2 N–H and O–H groups in total. The van der Waals surface area contributed by atoms with Crippen molar-refractivity contribution in [2.75, 3.05) is 44.7 Å². The number of carbonyl (C=O) groups is 3. The summed E-state index contributed by atoms with van der Waals surface area (Å²) in [7, 11) is 1.34. The average Bonchev–Trinajstić information content (AvgIpc) is 3.68. The fourth-order valence-electron chi connectivity index (χ4n) is 5.92. The van der Waals surface area contributed by atoms with E-state index in [0.717, 1.165) is 11.3 Å². The predicted octanol–water partition coefficient (Wildman–Crippen LogP) is 4.61. The number of thiazole rings is 1. The number of aromatic nitrogens is 1. The van der Waals surface area contributed by atoms with Gasteiger partial charge in [0, 0.05) is 77.7 Å². The van der Waals surface area contributed by atoms with Gasteiger partial charge in [0.15, 0.2) is 10.8 Å². The normalized spacial score (nSPS) is 20.2. The van der Waals surface area contributed by atoms with E-state index in [1.54, 1.807) is 29.3 Å². The number of carboxylic acids is 1. The quantitative estimate of drug-likeness (QED) is 0.317. The van der Waals surface area contributed by atoms with Crippen LogP contribution in [0.25, 0.3) is 0 Å². The van der Waals surface area contributed by atoms with Gasteiger partial charge >= 0.3 is 18.0 Å². The number of rotatable bonds is 9. The molecule has 234 valence electrons. The molecule has 0 aliphatic carbocycles. The highest BCUT2D eigenvalue weighted by atomic mass is 35.5. The number of carbonyl (C=O) groups excluding carboxylic acids is 2. The maximum absolute atomic E-state index is 13.4. The lowest BCUT2D eigenvalue weighted by atomic mass is 9.95. The number of piperazine rings is 1. The van der Waals surface area contributed by atoms with Crippen molar-refractivity contribution in [2.24, 2.45) is 4.99 Å². The maximum atomic E-state index is 13.4. The number of halogens is 2. The van der Waals surface area contributed by atoms with E-state index in [9.17, 15) is 14.4 Å². The van der Waals surface area contributed by atoms with E-state index in [1.165, 1.54) is 18.4 Å². The molecule has 4 heterocycles. The number of ether oxygens (including phenoxy) is 1. The first-order chi connectivity index (χ1) is 21.7. The number of amides is 2. The van der Waals surface area contributed by atoms with Gasteiger partial charge in [0.05, 0.1) is 18.7 Å². The Morgan fingerprint density at radius 1 is 1.13 bits per heavy atom. The van der Waals surface area contributed by atoms with Crippen LogP contribution in [0.15, 0.2) is 70.3 Å². The van der Waals surface area contributed by atoms with Crippen LogP contribution in [-0.4, -0.2) is 89.6 Å². The van der Waals surface area contributed by atoms with E-state index >= 15 is 0 Å². The molecule has 2 fully saturated rings. The summed E-state index contributed by atoms with van der Waals surface area (Å²) in [6, 6.07) is 11.7. The lowest BCUT2D eigenvalue weighted by Crippen LogP contribution is -2.53. The molecule has 0 bridgehead atoms. The SMILES string of the molecule is COC(=O)C1=C(CN2CCN3C(=O)N(c4ccc(CCC(=O)O)cc4)C[C@@H]3C2)NC(c2nccs2)=NC1c1ccc(Cl)cc1Cl. The van der Waals surface area contributed by atoms with Crippen LogP contribution in [0.2, 0.25) is 10.0 Å². The van der Waals surface area contributed by atoms with Crippen molar-refractivity contribution < 1.29 is 24.2 Å². The minimum absolute atomic E-state index is 0.0566. The number of benzene rings is 2. The highest BCUT2D eigenvalue weighted by Gasteiger charge is 2.42. The minimum Gasteiger partial charge on any atom is -0.481 e. The molecule has 3 aliphatic rings. The van der Waals surface area contributed by atoms with Gasteiger partial charge in [0.25, 0.3) is 0 Å². The number of hydrogen-bond acceptors (Lipinski definition) is 9. The molecule has 45 heavy (non-hydrogen) atoms. The minimum atomic E-state index is -0.843. The summed E-state index contributed by atoms with van der Waals surface area (Å²) in [4.78, 5) is 52.8. The first kappa shape index (κ1) is 31.0. The van der Waals surface area contributed by atoms with Crippen molar-refractivity contribution >= 4 is 64.0 Å². The average molecular weight is 670 g/mol. The molecule has 11 nitrogen and oxygen atoms in total. The second kappa shape index (κ2) is 13.2. The zero-order valence-electron chi connectivity index (χ0n) is 24.3. The number of hydrogen-bond donors (Lipinski definition) is 2. The third-order valence-corrected chi connectivity index (χ3v) is 9.46. The van der Waals surface area contributed by atoms with Crippen LogP contribution >= 0.6 is 34.5 Å². The summed E-state index contributed by atoms with van der Waals surface area (Å²) in [6.45, 7) is 2.61. The fraction of sp³-hybridized carbons (Fsp3) is 0.323. The molecule has 14 heteroatoms. The van der Waals surface area contributed by atoms with Crippen molar-refractivity contribution in [3.63, 3.8) is 0 Å². The monoisotopic (exact) mass is 668 g/mol. The van der Waals surface area contributed by atoms with Crippen molar-refractivity contribution in [1.29, 1.82) is 0 Å². The molecule has 0 spiro atoms. The Balaban J connectivity index is 1.24. The highest BCUT2D eigenvalue weighted by molar-refractivity contribution is 7.11. The van der Waals surface area contributed by atoms with Crippen molar-refractivity contribution in [1.82, 2.24) is 20.1 Å².